The highest BCUT2D eigenvalue weighted by atomic mass is 16.7. The largest absolute Gasteiger partial charge is 0.594 e. The Balaban J connectivity index is 2.66. The molecule has 1 N–H and O–H groups in total. The minimum atomic E-state index is -0.645. The van der Waals surface area contributed by atoms with Gasteiger partial charge in [0.1, 0.15) is 0 Å². The topological polar surface area (TPSA) is 94.9 Å². The molecule has 0 radical (unpaired) electrons. The van der Waals surface area contributed by atoms with E-state index in [1.54, 1.807) is 25.1 Å². The molecule has 0 aliphatic heterocycles. The van der Waals surface area contributed by atoms with Crippen LogP contribution in [-0.4, -0.2) is 15.8 Å². The summed E-state index contributed by atoms with van der Waals surface area (Å²) < 4.78 is 0.922. The number of allylic oxidation sites excluding steroid dienone is 1. The molecule has 0 saturated heterocycles. The standard InChI is InChI=1S/C12H12N4O3/c1-3-4-11(17)19-15-9-6-5-8(2)7-10(9)16(18)14-12(15)13/h3-7,13H,1-2H3/b4-3+,13-12?. The van der Waals surface area contributed by atoms with Crippen LogP contribution in [0.25, 0.3) is 11.0 Å². The van der Waals surface area contributed by atoms with Crippen molar-refractivity contribution in [1.82, 2.24) is 9.83 Å². The first-order valence-electron chi connectivity index (χ1n) is 5.56. The molecule has 0 aliphatic rings. The zero-order valence-electron chi connectivity index (χ0n) is 10.5. The fourth-order valence-electron chi connectivity index (χ4n) is 1.60. The van der Waals surface area contributed by atoms with E-state index < -0.39 is 11.6 Å². The normalized spacial score (nSPS) is 11.1. The SMILES string of the molecule is C/C=C/C(=O)On1c(=N)n[n+]([O-])c2cc(C)ccc21. The molecule has 0 bridgehead atoms. The summed E-state index contributed by atoms with van der Waals surface area (Å²) in [7, 11) is 0. The van der Waals surface area contributed by atoms with Gasteiger partial charge in [0.2, 0.25) is 0 Å². The molecule has 1 heterocycles. The van der Waals surface area contributed by atoms with Crippen molar-refractivity contribution in [3.8, 4) is 0 Å². The first kappa shape index (κ1) is 12.7. The van der Waals surface area contributed by atoms with Gasteiger partial charge in [0.05, 0.1) is 5.10 Å². The van der Waals surface area contributed by atoms with E-state index in [0.29, 0.717) is 10.4 Å². The lowest BCUT2D eigenvalue weighted by Gasteiger charge is -2.08. The summed E-state index contributed by atoms with van der Waals surface area (Å²) in [5.74, 6) is -0.645. The number of aryl methyl sites for hydroxylation is 1. The van der Waals surface area contributed by atoms with E-state index >= 15 is 0 Å². The van der Waals surface area contributed by atoms with Gasteiger partial charge in [-0.1, -0.05) is 12.1 Å². The van der Waals surface area contributed by atoms with Crippen molar-refractivity contribution in [2.75, 3.05) is 0 Å². The van der Waals surface area contributed by atoms with Crippen LogP contribution < -0.4 is 15.3 Å². The second-order valence-corrected chi connectivity index (χ2v) is 3.89. The van der Waals surface area contributed by atoms with Crippen LogP contribution in [-0.2, 0) is 4.79 Å². The lowest BCUT2D eigenvalue weighted by molar-refractivity contribution is -0.645. The molecule has 0 fully saturated rings. The highest BCUT2D eigenvalue weighted by Crippen LogP contribution is 2.09. The second kappa shape index (κ2) is 4.89. The Morgan fingerprint density at radius 2 is 2.32 bits per heavy atom. The van der Waals surface area contributed by atoms with Crippen LogP contribution in [0.3, 0.4) is 0 Å². The minimum absolute atomic E-state index is 0.226. The van der Waals surface area contributed by atoms with Gasteiger partial charge in [-0.15, -0.1) is 4.73 Å². The molecule has 2 rings (SSSR count). The molecule has 0 unspecified atom stereocenters. The van der Waals surface area contributed by atoms with E-state index in [9.17, 15) is 10.0 Å². The number of carbonyl (C=O) groups excluding carboxylic acids is 1. The summed E-state index contributed by atoms with van der Waals surface area (Å²) in [6.45, 7) is 3.49. The molecule has 1 aromatic heterocycles. The van der Waals surface area contributed by atoms with Gasteiger partial charge >= 0.3 is 11.6 Å². The molecule has 0 amide bonds. The number of rotatable bonds is 2. The van der Waals surface area contributed by atoms with Crippen LogP contribution in [0.1, 0.15) is 12.5 Å². The quantitative estimate of drug-likeness (QED) is 0.466. The van der Waals surface area contributed by atoms with E-state index in [2.05, 4.69) is 5.10 Å². The van der Waals surface area contributed by atoms with E-state index in [0.717, 1.165) is 10.3 Å². The van der Waals surface area contributed by atoms with Crippen LogP contribution in [0.2, 0.25) is 0 Å². The number of hydrogen-bond acceptors (Lipinski definition) is 5. The molecule has 0 spiro atoms. The van der Waals surface area contributed by atoms with Gasteiger partial charge in [-0.25, -0.2) is 4.79 Å². The van der Waals surface area contributed by atoms with Gasteiger partial charge in [0, 0.05) is 12.1 Å². The van der Waals surface area contributed by atoms with E-state index in [4.69, 9.17) is 10.2 Å². The highest BCUT2D eigenvalue weighted by molar-refractivity contribution is 5.82. The average Bonchev–Trinajstić information content (AvgIpc) is 2.35. The monoisotopic (exact) mass is 260 g/mol. The van der Waals surface area contributed by atoms with Crippen molar-refractivity contribution in [3.05, 3.63) is 46.7 Å². The molecule has 0 saturated carbocycles. The Morgan fingerprint density at radius 3 is 3.00 bits per heavy atom. The summed E-state index contributed by atoms with van der Waals surface area (Å²) >= 11 is 0. The van der Waals surface area contributed by atoms with Crippen LogP contribution in [0.15, 0.2) is 30.4 Å². The molecular weight excluding hydrogens is 248 g/mol. The van der Waals surface area contributed by atoms with Crippen molar-refractivity contribution >= 4 is 17.0 Å². The molecule has 1 aromatic carbocycles. The van der Waals surface area contributed by atoms with E-state index in [1.165, 1.54) is 12.2 Å². The molecule has 19 heavy (non-hydrogen) atoms. The van der Waals surface area contributed by atoms with Crippen molar-refractivity contribution in [1.29, 1.82) is 5.41 Å². The van der Waals surface area contributed by atoms with E-state index in [1.807, 2.05) is 6.92 Å². The molecule has 2 aromatic rings. The van der Waals surface area contributed by atoms with Crippen LogP contribution in [0, 0.1) is 17.5 Å². The van der Waals surface area contributed by atoms with Crippen LogP contribution in [0.4, 0.5) is 0 Å². The van der Waals surface area contributed by atoms with Gasteiger partial charge in [-0.2, -0.15) is 0 Å². The third-order valence-corrected chi connectivity index (χ3v) is 2.42. The predicted octanol–water partition coefficient (Wildman–Crippen LogP) is -0.0111. The number of fused-ring (bicyclic) bond motifs is 1. The van der Waals surface area contributed by atoms with Crippen molar-refractivity contribution in [2.45, 2.75) is 13.8 Å². The minimum Gasteiger partial charge on any atom is -0.594 e. The number of aromatic nitrogens is 3. The number of benzene rings is 1. The third-order valence-electron chi connectivity index (χ3n) is 2.42. The summed E-state index contributed by atoms with van der Waals surface area (Å²) in [4.78, 5) is 16.8. The maximum atomic E-state index is 11.6. The Hall–Kier alpha value is -2.70. The smallest absolute Gasteiger partial charge is 0.356 e. The van der Waals surface area contributed by atoms with Crippen molar-refractivity contribution in [3.63, 3.8) is 0 Å². The zero-order valence-corrected chi connectivity index (χ0v) is 10.5. The van der Waals surface area contributed by atoms with Crippen molar-refractivity contribution in [2.24, 2.45) is 0 Å². The zero-order chi connectivity index (χ0) is 14.0. The molecule has 0 atom stereocenters. The lowest BCUT2D eigenvalue weighted by atomic mass is 10.2. The third kappa shape index (κ3) is 2.44. The van der Waals surface area contributed by atoms with Crippen LogP contribution in [0.5, 0.6) is 0 Å². The molecule has 7 heteroatoms. The average molecular weight is 260 g/mol. The number of nitrogens with one attached hydrogen (secondary N) is 1. The van der Waals surface area contributed by atoms with Gasteiger partial charge in [-0.3, -0.25) is 5.41 Å². The number of carbonyl (C=O) groups is 1. The summed E-state index contributed by atoms with van der Waals surface area (Å²) in [6.07, 6.45) is 2.73. The Labute approximate surface area is 108 Å². The molecule has 0 aliphatic carbocycles. The maximum Gasteiger partial charge on any atom is 0.356 e. The summed E-state index contributed by atoms with van der Waals surface area (Å²) in [5.41, 5.74) is 0.940. The van der Waals surface area contributed by atoms with Crippen molar-refractivity contribution < 1.29 is 14.5 Å². The molecular formula is C12H12N4O3. The summed E-state index contributed by atoms with van der Waals surface area (Å²) in [6, 6.07) is 4.96. The molecule has 7 nitrogen and oxygen atoms in total. The lowest BCUT2D eigenvalue weighted by Crippen LogP contribution is -2.45. The van der Waals surface area contributed by atoms with Gasteiger partial charge < -0.3 is 10.0 Å². The number of hydrogen-bond donors (Lipinski definition) is 1. The first-order chi connectivity index (χ1) is 9.02. The van der Waals surface area contributed by atoms with Gasteiger partial charge in [0.25, 0.3) is 5.52 Å². The fourth-order valence-corrected chi connectivity index (χ4v) is 1.60. The maximum absolute atomic E-state index is 11.6. The number of nitrogens with zero attached hydrogens (tertiary/aromatic N) is 3. The Morgan fingerprint density at radius 1 is 1.58 bits per heavy atom. The predicted molar refractivity (Wildman–Crippen MR) is 65.7 cm³/mol. The van der Waals surface area contributed by atoms with Gasteiger partial charge in [-0.05, 0) is 30.3 Å². The summed E-state index contributed by atoms with van der Waals surface area (Å²) in [5, 5.41) is 22.7. The second-order valence-electron chi connectivity index (χ2n) is 3.89. The highest BCUT2D eigenvalue weighted by Gasteiger charge is 2.14. The van der Waals surface area contributed by atoms with Crippen LogP contribution >= 0.6 is 0 Å². The fraction of sp³-hybridized carbons (Fsp3) is 0.167. The van der Waals surface area contributed by atoms with E-state index in [-0.39, 0.29) is 5.52 Å². The Kier molecular flexibility index (Phi) is 3.28. The Bertz CT molecular complexity index is 734. The molecule has 98 valence electrons. The first-order valence-corrected chi connectivity index (χ1v) is 5.56. The van der Waals surface area contributed by atoms with Gasteiger partial charge in [0.15, 0.2) is 5.52 Å².